The summed E-state index contributed by atoms with van der Waals surface area (Å²) in [5.74, 6) is 2.06. The van der Waals surface area contributed by atoms with Crippen molar-refractivity contribution in [3.8, 4) is 0 Å². The lowest BCUT2D eigenvalue weighted by Gasteiger charge is -2.77. The number of hydrogen-bond acceptors (Lipinski definition) is 3. The Hall–Kier alpha value is -1.10. The molecule has 4 saturated carbocycles. The molecule has 4 aliphatic carbocycles. The fourth-order valence-corrected chi connectivity index (χ4v) is 8.02. The number of amides is 1. The molecule has 7 atom stereocenters. The molecule has 0 radical (unpaired) electrons. The lowest BCUT2D eigenvalue weighted by Crippen LogP contribution is -2.76. The summed E-state index contributed by atoms with van der Waals surface area (Å²) in [6, 6.07) is 8.12. The topological polar surface area (TPSA) is 60.8 Å². The van der Waals surface area contributed by atoms with E-state index < -0.39 is 0 Å². The van der Waals surface area contributed by atoms with E-state index in [0.29, 0.717) is 48.6 Å². The van der Waals surface area contributed by atoms with Crippen molar-refractivity contribution in [1.29, 1.82) is 0 Å². The maximum absolute atomic E-state index is 13.0. The molecular weight excluding hydrogens is 350 g/mol. The first-order valence-corrected chi connectivity index (χ1v) is 10.2. The van der Waals surface area contributed by atoms with E-state index in [4.69, 9.17) is 11.6 Å². The summed E-state index contributed by atoms with van der Waals surface area (Å²) in [5.41, 5.74) is 1.43. The van der Waals surface area contributed by atoms with Crippen LogP contribution in [0.15, 0.2) is 24.3 Å². The molecule has 138 valence electrons. The van der Waals surface area contributed by atoms with Gasteiger partial charge in [-0.3, -0.25) is 4.79 Å². The fraction of sp³-hybridized carbons (Fsp3) is 0.667. The van der Waals surface area contributed by atoms with Crippen molar-refractivity contribution in [2.45, 2.75) is 43.3 Å². The minimum absolute atomic E-state index is 0.104. The van der Waals surface area contributed by atoms with Gasteiger partial charge in [0.1, 0.15) is 0 Å². The molecule has 5 aliphatic rings. The standard InChI is InChI=1S/C21H24ClNO3/c22-13-3-1-12(2-4-13)20(8-18(25)23-9-14(24)10-23)16-5-11-7-21(16)15(19(11)26)6-17(20)21/h1-4,11,14-17,19,24,26H,5-10H2. The number of benzene rings is 1. The Kier molecular flexibility index (Phi) is 2.96. The van der Waals surface area contributed by atoms with Gasteiger partial charge in [0.15, 0.2) is 0 Å². The largest absolute Gasteiger partial charge is 0.393 e. The van der Waals surface area contributed by atoms with E-state index in [-0.39, 0.29) is 23.5 Å². The monoisotopic (exact) mass is 373 g/mol. The van der Waals surface area contributed by atoms with E-state index in [1.807, 2.05) is 12.1 Å². The highest BCUT2D eigenvalue weighted by atomic mass is 35.5. The molecule has 1 aromatic rings. The molecule has 1 spiro atoms. The highest BCUT2D eigenvalue weighted by Gasteiger charge is 2.85. The van der Waals surface area contributed by atoms with Crippen LogP contribution in [-0.2, 0) is 10.2 Å². The number of hydrogen-bond donors (Lipinski definition) is 2. The maximum atomic E-state index is 13.0. The van der Waals surface area contributed by atoms with E-state index in [2.05, 4.69) is 12.1 Å². The van der Waals surface area contributed by atoms with Gasteiger partial charge >= 0.3 is 0 Å². The van der Waals surface area contributed by atoms with Crippen molar-refractivity contribution in [3.63, 3.8) is 0 Å². The van der Waals surface area contributed by atoms with E-state index in [1.165, 1.54) is 5.56 Å². The molecule has 1 amide bonds. The summed E-state index contributed by atoms with van der Waals surface area (Å²) in [4.78, 5) is 14.8. The molecule has 26 heavy (non-hydrogen) atoms. The van der Waals surface area contributed by atoms with Crippen LogP contribution in [-0.4, -0.2) is 46.3 Å². The van der Waals surface area contributed by atoms with Gasteiger partial charge in [0.05, 0.1) is 12.2 Å². The van der Waals surface area contributed by atoms with Gasteiger partial charge in [-0.05, 0) is 66.0 Å². The van der Waals surface area contributed by atoms with Crippen LogP contribution >= 0.6 is 11.6 Å². The number of β-amino-alcohol motifs (C(OH)–C–C–N with tert-alkyl or cyclic N) is 1. The second-order valence-electron chi connectivity index (χ2n) is 9.43. The predicted molar refractivity (Wildman–Crippen MR) is 96.6 cm³/mol. The van der Waals surface area contributed by atoms with Crippen LogP contribution in [0.5, 0.6) is 0 Å². The number of likely N-dealkylation sites (tertiary alicyclic amines) is 1. The van der Waals surface area contributed by atoms with Gasteiger partial charge in [0, 0.05) is 29.9 Å². The van der Waals surface area contributed by atoms with Crippen molar-refractivity contribution < 1.29 is 15.0 Å². The molecule has 4 nitrogen and oxygen atoms in total. The molecule has 2 bridgehead atoms. The first-order valence-electron chi connectivity index (χ1n) is 9.87. The summed E-state index contributed by atoms with van der Waals surface area (Å²) in [6.45, 7) is 0.944. The lowest BCUT2D eigenvalue weighted by atomic mass is 9.26. The number of nitrogens with zero attached hydrogens (tertiary/aromatic N) is 1. The fourth-order valence-electron chi connectivity index (χ4n) is 7.89. The molecule has 2 N–H and O–H groups in total. The Morgan fingerprint density at radius 1 is 1.15 bits per heavy atom. The SMILES string of the molecule is O=C(CC1(c2ccc(Cl)cc2)C2CC3CC24C(CC14)C3O)N1CC(O)C1. The highest BCUT2D eigenvalue weighted by Crippen LogP contribution is 2.87. The number of aliphatic hydroxyl groups excluding tert-OH is 2. The minimum Gasteiger partial charge on any atom is -0.393 e. The van der Waals surface area contributed by atoms with Crippen molar-refractivity contribution >= 4 is 17.5 Å². The van der Waals surface area contributed by atoms with Crippen molar-refractivity contribution in [2.24, 2.45) is 29.1 Å². The van der Waals surface area contributed by atoms with Gasteiger partial charge in [0.25, 0.3) is 0 Å². The predicted octanol–water partition coefficient (Wildman–Crippen LogP) is 2.21. The molecule has 5 fully saturated rings. The van der Waals surface area contributed by atoms with Crippen molar-refractivity contribution in [2.75, 3.05) is 13.1 Å². The zero-order valence-electron chi connectivity index (χ0n) is 14.6. The Morgan fingerprint density at radius 2 is 1.85 bits per heavy atom. The quantitative estimate of drug-likeness (QED) is 0.854. The van der Waals surface area contributed by atoms with E-state index in [0.717, 1.165) is 24.3 Å². The summed E-state index contributed by atoms with van der Waals surface area (Å²) in [5, 5.41) is 20.8. The molecule has 6 rings (SSSR count). The first kappa shape index (κ1) is 15.9. The van der Waals surface area contributed by atoms with Crippen LogP contribution in [0, 0.1) is 29.1 Å². The van der Waals surface area contributed by atoms with Crippen LogP contribution in [0.4, 0.5) is 0 Å². The van der Waals surface area contributed by atoms with Gasteiger partial charge < -0.3 is 15.1 Å². The van der Waals surface area contributed by atoms with E-state index >= 15 is 0 Å². The van der Waals surface area contributed by atoms with E-state index in [9.17, 15) is 15.0 Å². The Labute approximate surface area is 158 Å². The second kappa shape index (κ2) is 4.84. The number of fused-ring (bicyclic) bond motifs is 1. The zero-order chi connectivity index (χ0) is 17.8. The third kappa shape index (κ3) is 1.60. The third-order valence-corrected chi connectivity index (χ3v) is 9.06. The van der Waals surface area contributed by atoms with Gasteiger partial charge in [-0.25, -0.2) is 0 Å². The normalized spacial score (nSPS) is 47.8. The smallest absolute Gasteiger partial charge is 0.223 e. The van der Waals surface area contributed by atoms with Gasteiger partial charge in [-0.1, -0.05) is 23.7 Å². The first-order chi connectivity index (χ1) is 12.5. The number of rotatable bonds is 3. The Balaban J connectivity index is 1.38. The van der Waals surface area contributed by atoms with Crippen LogP contribution in [0.25, 0.3) is 0 Å². The van der Waals surface area contributed by atoms with Crippen LogP contribution in [0.2, 0.25) is 5.02 Å². The average molecular weight is 374 g/mol. The molecular formula is C21H24ClNO3. The molecule has 5 heteroatoms. The number of halogens is 1. The highest BCUT2D eigenvalue weighted by molar-refractivity contribution is 6.30. The Morgan fingerprint density at radius 3 is 2.50 bits per heavy atom. The molecule has 7 unspecified atom stereocenters. The van der Waals surface area contributed by atoms with E-state index in [1.54, 1.807) is 4.90 Å². The van der Waals surface area contributed by atoms with Gasteiger partial charge in [-0.15, -0.1) is 0 Å². The second-order valence-corrected chi connectivity index (χ2v) is 9.86. The average Bonchev–Trinajstić information content (AvgIpc) is 3.07. The summed E-state index contributed by atoms with van der Waals surface area (Å²) < 4.78 is 0. The van der Waals surface area contributed by atoms with Gasteiger partial charge in [0.2, 0.25) is 5.91 Å². The maximum Gasteiger partial charge on any atom is 0.223 e. The number of carbonyl (C=O) groups is 1. The third-order valence-electron chi connectivity index (χ3n) is 8.81. The minimum atomic E-state index is -0.358. The van der Waals surface area contributed by atoms with Crippen LogP contribution in [0.3, 0.4) is 0 Å². The molecule has 0 aromatic heterocycles. The van der Waals surface area contributed by atoms with Gasteiger partial charge in [-0.2, -0.15) is 0 Å². The summed E-state index contributed by atoms with van der Waals surface area (Å²) in [6.07, 6.45) is 3.31. The summed E-state index contributed by atoms with van der Waals surface area (Å²) in [7, 11) is 0. The number of carbonyl (C=O) groups excluding carboxylic acids is 1. The Bertz CT molecular complexity index is 791. The molecule has 1 aliphatic heterocycles. The van der Waals surface area contributed by atoms with Crippen molar-refractivity contribution in [3.05, 3.63) is 34.9 Å². The van der Waals surface area contributed by atoms with Crippen LogP contribution < -0.4 is 0 Å². The number of aliphatic hydroxyl groups is 2. The molecule has 1 heterocycles. The summed E-state index contributed by atoms with van der Waals surface area (Å²) >= 11 is 6.13. The lowest BCUT2D eigenvalue weighted by molar-refractivity contribution is -0.271. The van der Waals surface area contributed by atoms with Crippen molar-refractivity contribution in [1.82, 2.24) is 4.90 Å². The molecule has 1 aromatic carbocycles. The van der Waals surface area contributed by atoms with Crippen LogP contribution in [0.1, 0.15) is 31.2 Å². The molecule has 1 saturated heterocycles. The zero-order valence-corrected chi connectivity index (χ0v) is 15.4.